The standard InChI is InChI=1S/C4H6O7/c1-3(5)7-9-11-10-8-4(2)6/h1-2H3. The number of hydrogen-bond donors (Lipinski definition) is 0. The molecular weight excluding hydrogens is 160 g/mol. The summed E-state index contributed by atoms with van der Waals surface area (Å²) in [6.07, 6.45) is 0. The third kappa shape index (κ3) is 8.82. The molecule has 0 aliphatic carbocycles. The van der Waals surface area contributed by atoms with Crippen LogP contribution < -0.4 is 0 Å². The van der Waals surface area contributed by atoms with Crippen molar-refractivity contribution in [2.45, 2.75) is 13.8 Å². The maximum Gasteiger partial charge on any atom is 0.342 e. The Morgan fingerprint density at radius 1 is 0.818 bits per heavy atom. The van der Waals surface area contributed by atoms with E-state index in [1.807, 2.05) is 0 Å². The van der Waals surface area contributed by atoms with E-state index in [1.165, 1.54) is 0 Å². The normalized spacial score (nSPS) is 8.91. The summed E-state index contributed by atoms with van der Waals surface area (Å²) in [7, 11) is 0. The predicted octanol–water partition coefficient (Wildman–Crippen LogP) is -0.178. The van der Waals surface area contributed by atoms with E-state index in [4.69, 9.17) is 0 Å². The molecule has 0 saturated heterocycles. The molecule has 0 atom stereocenters. The highest BCUT2D eigenvalue weighted by Gasteiger charge is 1.97. The molecule has 0 amide bonds. The van der Waals surface area contributed by atoms with Crippen LogP contribution in [0, 0.1) is 0 Å². The van der Waals surface area contributed by atoms with Crippen molar-refractivity contribution in [1.29, 1.82) is 0 Å². The maximum absolute atomic E-state index is 9.95. The van der Waals surface area contributed by atoms with Gasteiger partial charge in [-0.2, -0.15) is 0 Å². The monoisotopic (exact) mass is 166 g/mol. The maximum atomic E-state index is 9.95. The average Bonchev–Trinajstić information content (AvgIpc) is 1.85. The first-order valence-electron chi connectivity index (χ1n) is 2.48. The van der Waals surface area contributed by atoms with Gasteiger partial charge in [0.1, 0.15) is 0 Å². The SMILES string of the molecule is CC(=O)OOOOOC(C)=O. The van der Waals surface area contributed by atoms with Crippen molar-refractivity contribution in [2.24, 2.45) is 0 Å². The van der Waals surface area contributed by atoms with E-state index in [1.54, 1.807) is 0 Å². The number of rotatable bonds is 4. The highest BCUT2D eigenvalue weighted by molar-refractivity contribution is 5.65. The molecule has 0 aliphatic heterocycles. The van der Waals surface area contributed by atoms with Crippen molar-refractivity contribution in [3.8, 4) is 0 Å². The zero-order chi connectivity index (χ0) is 8.69. The van der Waals surface area contributed by atoms with Gasteiger partial charge in [0, 0.05) is 29.0 Å². The summed E-state index contributed by atoms with van der Waals surface area (Å²) >= 11 is 0. The topological polar surface area (TPSA) is 80.3 Å². The molecule has 7 heteroatoms. The zero-order valence-electron chi connectivity index (χ0n) is 5.86. The van der Waals surface area contributed by atoms with Gasteiger partial charge in [-0.15, -0.1) is 0 Å². The molecule has 0 unspecified atom stereocenters. The van der Waals surface area contributed by atoms with Crippen LogP contribution in [0.1, 0.15) is 13.8 Å². The van der Waals surface area contributed by atoms with Gasteiger partial charge in [-0.3, -0.25) is 9.78 Å². The lowest BCUT2D eigenvalue weighted by molar-refractivity contribution is -0.686. The quantitative estimate of drug-likeness (QED) is 0.325. The summed E-state index contributed by atoms with van der Waals surface area (Å²) in [4.78, 5) is 27.4. The molecule has 0 rings (SSSR count). The fraction of sp³-hybridized carbons (Fsp3) is 0.500. The van der Waals surface area contributed by atoms with Gasteiger partial charge in [-0.25, -0.2) is 9.59 Å². The number of carbonyl (C=O) groups excluding carboxylic acids is 2. The zero-order valence-corrected chi connectivity index (χ0v) is 5.86. The average molecular weight is 166 g/mol. The molecule has 64 valence electrons. The summed E-state index contributed by atoms with van der Waals surface area (Å²) in [5, 5.41) is 10.8. The van der Waals surface area contributed by atoms with E-state index in [2.05, 4.69) is 24.9 Å². The lowest BCUT2D eigenvalue weighted by atomic mass is 10.9. The Hall–Kier alpha value is -1.18. The molecule has 0 heterocycles. The van der Waals surface area contributed by atoms with E-state index in [9.17, 15) is 9.59 Å². The fourth-order valence-corrected chi connectivity index (χ4v) is 0.135. The smallest absolute Gasteiger partial charge is 0.267 e. The minimum absolute atomic E-state index is 0.739. The first-order valence-corrected chi connectivity index (χ1v) is 2.48. The van der Waals surface area contributed by atoms with Crippen molar-refractivity contribution < 1.29 is 34.5 Å². The summed E-state index contributed by atoms with van der Waals surface area (Å²) in [6, 6.07) is 0. The molecule has 0 spiro atoms. The second-order valence-corrected chi connectivity index (χ2v) is 1.35. The molecule has 0 aromatic rings. The van der Waals surface area contributed by atoms with Gasteiger partial charge in [-0.05, 0) is 0 Å². The molecule has 0 fully saturated rings. The van der Waals surface area contributed by atoms with Crippen molar-refractivity contribution in [3.05, 3.63) is 0 Å². The van der Waals surface area contributed by atoms with Gasteiger partial charge >= 0.3 is 11.9 Å². The molecule has 0 aromatic heterocycles. The minimum Gasteiger partial charge on any atom is -0.267 e. The van der Waals surface area contributed by atoms with Gasteiger partial charge in [0.15, 0.2) is 0 Å². The fourth-order valence-electron chi connectivity index (χ4n) is 0.135. The van der Waals surface area contributed by atoms with Gasteiger partial charge in [0.25, 0.3) is 0 Å². The van der Waals surface area contributed by atoms with Crippen molar-refractivity contribution in [2.75, 3.05) is 0 Å². The first kappa shape index (κ1) is 9.82. The van der Waals surface area contributed by atoms with Crippen LogP contribution in [-0.2, 0) is 34.5 Å². The molecule has 0 N–H and O–H groups in total. The second kappa shape index (κ2) is 5.59. The van der Waals surface area contributed by atoms with Crippen LogP contribution in [0.15, 0.2) is 0 Å². The lowest BCUT2D eigenvalue weighted by Crippen LogP contribution is -2.05. The molecule has 0 aromatic carbocycles. The lowest BCUT2D eigenvalue weighted by Gasteiger charge is -1.96. The molecule has 0 aliphatic rings. The molecule has 0 saturated carbocycles. The number of hydrogen-bond acceptors (Lipinski definition) is 7. The Balaban J connectivity index is 3.03. The molecule has 0 bridgehead atoms. The molecule has 0 radical (unpaired) electrons. The third-order valence-electron chi connectivity index (χ3n) is 0.358. The Morgan fingerprint density at radius 2 is 1.18 bits per heavy atom. The van der Waals surface area contributed by atoms with Crippen LogP contribution in [0.25, 0.3) is 0 Å². The summed E-state index contributed by atoms with van der Waals surface area (Å²) in [5.74, 6) is -1.48. The first-order chi connectivity index (χ1) is 5.13. The van der Waals surface area contributed by atoms with E-state index in [-0.39, 0.29) is 0 Å². The summed E-state index contributed by atoms with van der Waals surface area (Å²) < 4.78 is 0. The molecule has 7 nitrogen and oxygen atoms in total. The Morgan fingerprint density at radius 3 is 1.45 bits per heavy atom. The molecular formula is C4H6O7. The van der Waals surface area contributed by atoms with Gasteiger partial charge < -0.3 is 0 Å². The van der Waals surface area contributed by atoms with Crippen molar-refractivity contribution in [1.82, 2.24) is 0 Å². The molecule has 11 heavy (non-hydrogen) atoms. The van der Waals surface area contributed by atoms with E-state index in [0.717, 1.165) is 13.8 Å². The van der Waals surface area contributed by atoms with Gasteiger partial charge in [0.2, 0.25) is 0 Å². The van der Waals surface area contributed by atoms with Crippen LogP contribution in [0.4, 0.5) is 0 Å². The van der Waals surface area contributed by atoms with Crippen LogP contribution >= 0.6 is 0 Å². The van der Waals surface area contributed by atoms with Crippen LogP contribution in [0.2, 0.25) is 0 Å². The van der Waals surface area contributed by atoms with Gasteiger partial charge in [0.05, 0.1) is 0 Å². The van der Waals surface area contributed by atoms with E-state index < -0.39 is 11.9 Å². The highest BCUT2D eigenvalue weighted by atomic mass is 17.8. The largest absolute Gasteiger partial charge is 0.342 e. The number of carbonyl (C=O) groups is 2. The second-order valence-electron chi connectivity index (χ2n) is 1.35. The summed E-state index contributed by atoms with van der Waals surface area (Å²) in [5.41, 5.74) is 0. The van der Waals surface area contributed by atoms with Crippen molar-refractivity contribution in [3.63, 3.8) is 0 Å². The van der Waals surface area contributed by atoms with E-state index >= 15 is 0 Å². The van der Waals surface area contributed by atoms with Crippen molar-refractivity contribution >= 4 is 11.9 Å². The van der Waals surface area contributed by atoms with Crippen LogP contribution in [0.3, 0.4) is 0 Å². The van der Waals surface area contributed by atoms with Crippen LogP contribution in [-0.4, -0.2) is 11.9 Å². The highest BCUT2D eigenvalue weighted by Crippen LogP contribution is 1.86. The Kier molecular flexibility index (Phi) is 4.99. The van der Waals surface area contributed by atoms with Gasteiger partial charge in [-0.1, -0.05) is 0 Å². The predicted molar refractivity (Wildman–Crippen MR) is 26.8 cm³/mol. The minimum atomic E-state index is -0.739. The third-order valence-corrected chi connectivity index (χ3v) is 0.358. The van der Waals surface area contributed by atoms with Crippen LogP contribution in [0.5, 0.6) is 0 Å². The summed E-state index contributed by atoms with van der Waals surface area (Å²) in [6.45, 7) is 2.16. The van der Waals surface area contributed by atoms with E-state index in [0.29, 0.717) is 0 Å². The Bertz CT molecular complexity index is 125. The Labute approximate surface area is 61.4 Å².